The molecule has 0 aromatic heterocycles. The lowest BCUT2D eigenvalue weighted by Gasteiger charge is -1.99. The Balaban J connectivity index is 3.59. The van der Waals surface area contributed by atoms with E-state index in [9.17, 15) is 4.79 Å². The van der Waals surface area contributed by atoms with E-state index in [-0.39, 0.29) is 5.92 Å². The molecule has 0 aromatic carbocycles. The summed E-state index contributed by atoms with van der Waals surface area (Å²) in [5.41, 5.74) is 0. The minimum atomic E-state index is -0.737. The van der Waals surface area contributed by atoms with Gasteiger partial charge in [-0.15, -0.1) is 0 Å². The quantitative estimate of drug-likeness (QED) is 0.353. The first kappa shape index (κ1) is 22.9. The zero-order chi connectivity index (χ0) is 18.6. The van der Waals surface area contributed by atoms with E-state index in [1.54, 1.807) is 6.92 Å². The van der Waals surface area contributed by atoms with Gasteiger partial charge < -0.3 is 5.11 Å². The van der Waals surface area contributed by atoms with E-state index in [4.69, 9.17) is 5.11 Å². The second kappa shape index (κ2) is 18.3. The summed E-state index contributed by atoms with van der Waals surface area (Å²) in [5.74, 6) is -1.04. The van der Waals surface area contributed by atoms with Crippen LogP contribution in [0.25, 0.3) is 0 Å². The van der Waals surface area contributed by atoms with Crippen LogP contribution in [0.2, 0.25) is 0 Å². The normalized spacial score (nSPS) is 14.3. The van der Waals surface area contributed by atoms with Gasteiger partial charge in [0.2, 0.25) is 0 Å². The number of carboxylic acids is 1. The van der Waals surface area contributed by atoms with Crippen LogP contribution in [0.5, 0.6) is 0 Å². The molecular weight excluding hydrogens is 308 g/mol. The van der Waals surface area contributed by atoms with Gasteiger partial charge in [-0.2, -0.15) is 0 Å². The molecule has 0 aliphatic heterocycles. The molecule has 1 unspecified atom stereocenters. The van der Waals surface area contributed by atoms with E-state index in [1.165, 1.54) is 0 Å². The highest BCUT2D eigenvalue weighted by Crippen LogP contribution is 2.03. The zero-order valence-electron chi connectivity index (χ0n) is 15.8. The van der Waals surface area contributed by atoms with Gasteiger partial charge in [-0.05, 0) is 44.9 Å². The van der Waals surface area contributed by atoms with Crippen LogP contribution >= 0.6 is 0 Å². The van der Waals surface area contributed by atoms with Crippen molar-refractivity contribution in [2.45, 2.75) is 58.8 Å². The van der Waals surface area contributed by atoms with Gasteiger partial charge in [-0.1, -0.05) is 86.8 Å². The van der Waals surface area contributed by atoms with Crippen LogP contribution in [0.1, 0.15) is 58.8 Å². The van der Waals surface area contributed by atoms with Crippen molar-refractivity contribution in [3.05, 3.63) is 72.9 Å². The summed E-state index contributed by atoms with van der Waals surface area (Å²) in [6, 6.07) is 0. The minimum absolute atomic E-state index is 0.301. The van der Waals surface area contributed by atoms with Crippen molar-refractivity contribution < 1.29 is 9.90 Å². The Morgan fingerprint density at radius 3 is 1.32 bits per heavy atom. The zero-order valence-corrected chi connectivity index (χ0v) is 15.8. The molecule has 0 aromatic rings. The lowest BCUT2D eigenvalue weighted by Crippen LogP contribution is -2.07. The van der Waals surface area contributed by atoms with Gasteiger partial charge in [0.15, 0.2) is 0 Å². The fraction of sp³-hybridized carbons (Fsp3) is 0.435. The van der Waals surface area contributed by atoms with Crippen LogP contribution < -0.4 is 0 Å². The van der Waals surface area contributed by atoms with Crippen LogP contribution in [0.4, 0.5) is 0 Å². The Morgan fingerprint density at radius 1 is 0.680 bits per heavy atom. The largest absolute Gasteiger partial charge is 0.481 e. The maximum Gasteiger partial charge on any atom is 0.306 e. The van der Waals surface area contributed by atoms with Crippen LogP contribution in [-0.2, 0) is 4.79 Å². The van der Waals surface area contributed by atoms with Gasteiger partial charge in [-0.25, -0.2) is 0 Å². The van der Waals surface area contributed by atoms with Crippen LogP contribution in [-0.4, -0.2) is 11.1 Å². The second-order valence-electron chi connectivity index (χ2n) is 5.89. The molecule has 138 valence electrons. The summed E-state index contributed by atoms with van der Waals surface area (Å²) in [5, 5.41) is 8.76. The Morgan fingerprint density at radius 2 is 1.00 bits per heavy atom. The fourth-order valence-corrected chi connectivity index (χ4v) is 1.92. The van der Waals surface area contributed by atoms with E-state index in [1.807, 2.05) is 12.2 Å². The molecule has 1 atom stereocenters. The number of hydrogen-bond donors (Lipinski definition) is 1. The Kier molecular flexibility index (Phi) is 16.7. The van der Waals surface area contributed by atoms with Crippen molar-refractivity contribution in [1.82, 2.24) is 0 Å². The molecular formula is C23H34O2. The molecule has 0 saturated heterocycles. The first-order chi connectivity index (χ1) is 12.2. The highest BCUT2D eigenvalue weighted by molar-refractivity contribution is 5.69. The van der Waals surface area contributed by atoms with E-state index >= 15 is 0 Å². The SMILES string of the molecule is CCC=CCC=CCC=CCC=CCC=CC/C=C\CC(C)C(=O)O. The van der Waals surface area contributed by atoms with Crippen molar-refractivity contribution in [3.63, 3.8) is 0 Å². The molecule has 0 heterocycles. The molecule has 0 bridgehead atoms. The lowest BCUT2D eigenvalue weighted by atomic mass is 10.1. The third-order valence-electron chi connectivity index (χ3n) is 3.51. The summed E-state index contributed by atoms with van der Waals surface area (Å²) in [6.07, 6.45) is 32.3. The average molecular weight is 343 g/mol. The second-order valence-corrected chi connectivity index (χ2v) is 5.89. The van der Waals surface area contributed by atoms with Crippen molar-refractivity contribution in [1.29, 1.82) is 0 Å². The molecule has 0 amide bonds. The Hall–Kier alpha value is -2.09. The predicted octanol–water partition coefficient (Wildman–Crippen LogP) is 6.79. The van der Waals surface area contributed by atoms with Crippen molar-refractivity contribution in [3.8, 4) is 0 Å². The molecule has 0 aliphatic rings. The first-order valence-corrected chi connectivity index (χ1v) is 9.31. The predicted molar refractivity (Wildman–Crippen MR) is 110 cm³/mol. The van der Waals surface area contributed by atoms with Crippen molar-refractivity contribution >= 4 is 5.97 Å². The van der Waals surface area contributed by atoms with Gasteiger partial charge in [0, 0.05) is 0 Å². The topological polar surface area (TPSA) is 37.3 Å². The third-order valence-corrected chi connectivity index (χ3v) is 3.51. The fourth-order valence-electron chi connectivity index (χ4n) is 1.92. The van der Waals surface area contributed by atoms with Gasteiger partial charge in [-0.3, -0.25) is 4.79 Å². The summed E-state index contributed by atoms with van der Waals surface area (Å²) >= 11 is 0. The van der Waals surface area contributed by atoms with E-state index in [2.05, 4.69) is 67.7 Å². The van der Waals surface area contributed by atoms with Crippen LogP contribution in [0, 0.1) is 5.92 Å². The number of rotatable bonds is 14. The van der Waals surface area contributed by atoms with Gasteiger partial charge in [0.25, 0.3) is 0 Å². The monoisotopic (exact) mass is 342 g/mol. The average Bonchev–Trinajstić information content (AvgIpc) is 2.60. The van der Waals surface area contributed by atoms with E-state index in [0.717, 1.165) is 38.5 Å². The van der Waals surface area contributed by atoms with E-state index in [0.29, 0.717) is 6.42 Å². The Bertz CT molecular complexity index is 490. The maximum atomic E-state index is 10.6. The molecule has 2 heteroatoms. The molecule has 0 rings (SSSR count). The molecule has 2 nitrogen and oxygen atoms in total. The lowest BCUT2D eigenvalue weighted by molar-refractivity contribution is -0.140. The minimum Gasteiger partial charge on any atom is -0.481 e. The molecule has 0 fully saturated rings. The molecule has 0 spiro atoms. The molecule has 0 saturated carbocycles. The summed E-state index contributed by atoms with van der Waals surface area (Å²) < 4.78 is 0. The standard InChI is InChI=1S/C23H34O2/c1-3-4-5-6-7-8-9-10-11-12-13-14-15-16-17-18-19-20-21-22(2)23(24)25/h4-5,7-8,10-11,13-14,16-17,19-20,22H,3,6,9,12,15,18,21H2,1-2H3,(H,24,25)/b5-4?,8-7?,11-10?,14-13?,17-16?,20-19-. The maximum absolute atomic E-state index is 10.6. The summed E-state index contributed by atoms with van der Waals surface area (Å²) in [6.45, 7) is 3.87. The Labute approximate surface area is 154 Å². The van der Waals surface area contributed by atoms with Gasteiger partial charge >= 0.3 is 5.97 Å². The number of aliphatic carboxylic acids is 1. The molecule has 25 heavy (non-hydrogen) atoms. The molecule has 1 N–H and O–H groups in total. The number of carboxylic acid groups (broad SMARTS) is 1. The van der Waals surface area contributed by atoms with Gasteiger partial charge in [0.05, 0.1) is 5.92 Å². The summed E-state index contributed by atoms with van der Waals surface area (Å²) in [4.78, 5) is 10.6. The van der Waals surface area contributed by atoms with Crippen LogP contribution in [0.3, 0.4) is 0 Å². The van der Waals surface area contributed by atoms with Crippen molar-refractivity contribution in [2.24, 2.45) is 5.92 Å². The number of hydrogen-bond acceptors (Lipinski definition) is 1. The van der Waals surface area contributed by atoms with Gasteiger partial charge in [0.1, 0.15) is 0 Å². The summed E-state index contributed by atoms with van der Waals surface area (Å²) in [7, 11) is 0. The number of allylic oxidation sites excluding steroid dienone is 12. The molecule has 0 radical (unpaired) electrons. The van der Waals surface area contributed by atoms with E-state index < -0.39 is 5.97 Å². The van der Waals surface area contributed by atoms with Crippen LogP contribution in [0.15, 0.2) is 72.9 Å². The third kappa shape index (κ3) is 18.1. The first-order valence-electron chi connectivity index (χ1n) is 9.31. The smallest absolute Gasteiger partial charge is 0.306 e. The highest BCUT2D eigenvalue weighted by atomic mass is 16.4. The van der Waals surface area contributed by atoms with Crippen molar-refractivity contribution in [2.75, 3.05) is 0 Å². The number of carbonyl (C=O) groups is 1. The molecule has 0 aliphatic carbocycles. The highest BCUT2D eigenvalue weighted by Gasteiger charge is 2.06.